The molecule has 33 heavy (non-hydrogen) atoms. The number of hydrazine groups is 1. The number of nitrogens with two attached hydrogens (primary N) is 1. The van der Waals surface area contributed by atoms with Gasteiger partial charge in [0.25, 0.3) is 0 Å². The summed E-state index contributed by atoms with van der Waals surface area (Å²) in [6, 6.07) is 11.4. The Kier molecular flexibility index (Phi) is 5.67. The Bertz CT molecular complexity index is 1110. The van der Waals surface area contributed by atoms with Crippen molar-refractivity contribution in [1.82, 2.24) is 25.8 Å². The van der Waals surface area contributed by atoms with Gasteiger partial charge in [-0.25, -0.2) is 14.5 Å². The molecule has 5 rings (SSSR count). The predicted octanol–water partition coefficient (Wildman–Crippen LogP) is 3.80. The first-order valence-corrected chi connectivity index (χ1v) is 10.9. The van der Waals surface area contributed by atoms with Gasteiger partial charge in [0, 0.05) is 23.4 Å². The minimum atomic E-state index is -4.39. The highest BCUT2D eigenvalue weighted by Crippen LogP contribution is 2.41. The fraction of sp³-hybridized carbons (Fsp3) is 0.391. The van der Waals surface area contributed by atoms with E-state index in [1.54, 1.807) is 16.8 Å². The van der Waals surface area contributed by atoms with E-state index in [0.717, 1.165) is 48.3 Å². The third kappa shape index (κ3) is 4.38. The fourth-order valence-electron chi connectivity index (χ4n) is 4.93. The summed E-state index contributed by atoms with van der Waals surface area (Å²) in [6.45, 7) is 0.249. The lowest BCUT2D eigenvalue weighted by atomic mass is 9.76. The Morgan fingerprint density at radius 3 is 2.42 bits per heavy atom. The smallest absolute Gasteiger partial charge is 0.315 e. The minimum Gasteiger partial charge on any atom is -0.315 e. The number of alkyl halides is 3. The van der Waals surface area contributed by atoms with Gasteiger partial charge in [-0.3, -0.25) is 5.43 Å². The highest BCUT2D eigenvalue weighted by atomic mass is 19.4. The Morgan fingerprint density at radius 2 is 1.73 bits per heavy atom. The average molecular weight is 460 g/mol. The third-order valence-electron chi connectivity index (χ3n) is 6.68. The molecule has 0 amide bonds. The van der Waals surface area contributed by atoms with Crippen LogP contribution in [0, 0.1) is 11.7 Å². The second kappa shape index (κ2) is 8.51. The van der Waals surface area contributed by atoms with E-state index in [4.69, 9.17) is 5.73 Å². The number of nitrogens with one attached hydrogen (secondary N) is 2. The SMILES string of the molecule is NC1NNC2CCC(c3nnn(Cc4ccc(C(F)(F)F)cc4)c3-c3ccc(F)cc3)CC12. The van der Waals surface area contributed by atoms with Crippen molar-refractivity contribution >= 4 is 0 Å². The molecule has 4 unspecified atom stereocenters. The highest BCUT2D eigenvalue weighted by molar-refractivity contribution is 5.63. The second-order valence-electron chi connectivity index (χ2n) is 8.78. The number of hydrogen-bond acceptors (Lipinski definition) is 5. The summed E-state index contributed by atoms with van der Waals surface area (Å²) in [7, 11) is 0. The van der Waals surface area contributed by atoms with Crippen LogP contribution in [0.3, 0.4) is 0 Å². The zero-order valence-corrected chi connectivity index (χ0v) is 17.7. The quantitative estimate of drug-likeness (QED) is 0.516. The number of rotatable bonds is 4. The lowest BCUT2D eigenvalue weighted by Crippen LogP contribution is -2.39. The van der Waals surface area contributed by atoms with Crippen LogP contribution in [0.5, 0.6) is 0 Å². The standard InChI is InChI=1S/C23H24F4N6/c24-17-8-3-14(4-9-17)21-20(15-5-10-19-18(11-15)22(28)31-29-19)30-32-33(21)12-13-1-6-16(7-2-13)23(25,26)27/h1-4,6-9,15,18-19,22,29,31H,5,10-12,28H2. The number of hydrogen-bond donors (Lipinski definition) is 3. The van der Waals surface area contributed by atoms with Crippen LogP contribution in [-0.2, 0) is 12.7 Å². The van der Waals surface area contributed by atoms with E-state index in [0.29, 0.717) is 11.6 Å². The van der Waals surface area contributed by atoms with Crippen LogP contribution in [0.15, 0.2) is 48.5 Å². The molecule has 2 heterocycles. The maximum atomic E-state index is 13.6. The topological polar surface area (TPSA) is 80.8 Å². The fourth-order valence-corrected chi connectivity index (χ4v) is 4.93. The minimum absolute atomic E-state index is 0.125. The van der Waals surface area contributed by atoms with Gasteiger partial charge in [0.2, 0.25) is 0 Å². The Morgan fingerprint density at radius 1 is 1.00 bits per heavy atom. The van der Waals surface area contributed by atoms with E-state index >= 15 is 0 Å². The normalized spacial score (nSPS) is 25.2. The van der Waals surface area contributed by atoms with Gasteiger partial charge in [0.1, 0.15) is 5.82 Å². The van der Waals surface area contributed by atoms with Crippen LogP contribution in [0.2, 0.25) is 0 Å². The molecule has 0 radical (unpaired) electrons. The first-order valence-electron chi connectivity index (χ1n) is 10.9. The molecule has 1 saturated heterocycles. The lowest BCUT2D eigenvalue weighted by Gasteiger charge is -2.31. The van der Waals surface area contributed by atoms with Crippen molar-refractivity contribution in [3.63, 3.8) is 0 Å². The van der Waals surface area contributed by atoms with Gasteiger partial charge >= 0.3 is 6.18 Å². The van der Waals surface area contributed by atoms with Gasteiger partial charge in [-0.2, -0.15) is 13.2 Å². The summed E-state index contributed by atoms with van der Waals surface area (Å²) in [5.41, 5.74) is 14.9. The number of fused-ring (bicyclic) bond motifs is 1. The Hall–Kier alpha value is -2.82. The molecule has 1 aromatic heterocycles. The molecule has 1 saturated carbocycles. The van der Waals surface area contributed by atoms with Crippen molar-refractivity contribution in [2.24, 2.45) is 11.7 Å². The second-order valence-corrected chi connectivity index (χ2v) is 8.78. The van der Waals surface area contributed by atoms with Crippen LogP contribution < -0.4 is 16.6 Å². The molecule has 4 atom stereocenters. The molecule has 0 bridgehead atoms. The maximum absolute atomic E-state index is 13.6. The van der Waals surface area contributed by atoms with Crippen LogP contribution in [0.25, 0.3) is 11.3 Å². The molecule has 1 aliphatic carbocycles. The van der Waals surface area contributed by atoms with Crippen molar-refractivity contribution in [3.05, 3.63) is 71.2 Å². The molecule has 10 heteroatoms. The molecular formula is C23H24F4N6. The lowest BCUT2D eigenvalue weighted by molar-refractivity contribution is -0.137. The summed E-state index contributed by atoms with van der Waals surface area (Å²) >= 11 is 0. The zero-order valence-electron chi connectivity index (χ0n) is 17.7. The van der Waals surface area contributed by atoms with Gasteiger partial charge in [-0.05, 0) is 61.2 Å². The van der Waals surface area contributed by atoms with Crippen molar-refractivity contribution in [3.8, 4) is 11.3 Å². The number of nitrogens with zero attached hydrogens (tertiary/aromatic N) is 3. The molecule has 6 nitrogen and oxygen atoms in total. The zero-order chi connectivity index (χ0) is 23.2. The van der Waals surface area contributed by atoms with E-state index in [9.17, 15) is 17.6 Å². The van der Waals surface area contributed by atoms with Gasteiger partial charge in [0.15, 0.2) is 0 Å². The van der Waals surface area contributed by atoms with E-state index in [1.165, 1.54) is 24.3 Å². The monoisotopic (exact) mass is 460 g/mol. The molecule has 3 aromatic rings. The number of benzene rings is 2. The first kappa shape index (κ1) is 22.0. The molecule has 2 aromatic carbocycles. The van der Waals surface area contributed by atoms with Crippen LogP contribution >= 0.6 is 0 Å². The van der Waals surface area contributed by atoms with Crippen molar-refractivity contribution in [1.29, 1.82) is 0 Å². The summed E-state index contributed by atoms with van der Waals surface area (Å²) in [5, 5.41) is 8.84. The molecular weight excluding hydrogens is 436 g/mol. The van der Waals surface area contributed by atoms with Crippen LogP contribution in [0.4, 0.5) is 17.6 Å². The van der Waals surface area contributed by atoms with Gasteiger partial charge < -0.3 is 5.73 Å². The van der Waals surface area contributed by atoms with Crippen molar-refractivity contribution in [2.75, 3.05) is 0 Å². The molecule has 174 valence electrons. The van der Waals surface area contributed by atoms with Crippen molar-refractivity contribution in [2.45, 2.75) is 50.1 Å². The molecule has 2 aliphatic rings. The summed E-state index contributed by atoms with van der Waals surface area (Å²) in [5.74, 6) is 0.0296. The molecule has 0 spiro atoms. The largest absolute Gasteiger partial charge is 0.416 e. The van der Waals surface area contributed by atoms with Crippen molar-refractivity contribution < 1.29 is 17.6 Å². The van der Waals surface area contributed by atoms with Gasteiger partial charge in [-0.15, -0.1) is 5.10 Å². The molecule has 4 N–H and O–H groups in total. The van der Waals surface area contributed by atoms with E-state index in [2.05, 4.69) is 21.2 Å². The van der Waals surface area contributed by atoms with Gasteiger partial charge in [-0.1, -0.05) is 17.3 Å². The highest BCUT2D eigenvalue weighted by Gasteiger charge is 2.40. The summed E-state index contributed by atoms with van der Waals surface area (Å²) in [4.78, 5) is 0. The average Bonchev–Trinajstić information content (AvgIpc) is 3.37. The summed E-state index contributed by atoms with van der Waals surface area (Å²) < 4.78 is 54.0. The van der Waals surface area contributed by atoms with E-state index in [-0.39, 0.29) is 30.4 Å². The first-order chi connectivity index (χ1) is 15.8. The van der Waals surface area contributed by atoms with Crippen LogP contribution in [-0.4, -0.2) is 27.2 Å². The van der Waals surface area contributed by atoms with E-state index in [1.807, 2.05) is 0 Å². The summed E-state index contributed by atoms with van der Waals surface area (Å²) in [6.07, 6.45) is -1.87. The molecule has 1 aliphatic heterocycles. The number of halogens is 4. The maximum Gasteiger partial charge on any atom is 0.416 e. The van der Waals surface area contributed by atoms with Gasteiger partial charge in [0.05, 0.1) is 29.7 Å². The van der Waals surface area contributed by atoms with Crippen LogP contribution in [0.1, 0.15) is 42.0 Å². The molecule has 2 fully saturated rings. The predicted molar refractivity (Wildman–Crippen MR) is 114 cm³/mol. The third-order valence-corrected chi connectivity index (χ3v) is 6.68. The van der Waals surface area contributed by atoms with E-state index < -0.39 is 11.7 Å². The Balaban J connectivity index is 1.48. The Labute approximate surface area is 188 Å². The number of aromatic nitrogens is 3.